The van der Waals surface area contributed by atoms with Crippen LogP contribution in [-0.4, -0.2) is 25.7 Å². The van der Waals surface area contributed by atoms with E-state index >= 15 is 0 Å². The molecule has 1 aromatic rings. The first-order valence-electron chi connectivity index (χ1n) is 6.68. The number of carbonyl (C=O) groups is 1. The lowest BCUT2D eigenvalue weighted by atomic mass is 10.1. The molecular formula is C14H18F2N2O2. The van der Waals surface area contributed by atoms with Gasteiger partial charge in [-0.3, -0.25) is 4.79 Å². The molecule has 0 aliphatic heterocycles. The number of nitrogen functional groups attached to an aromatic ring is 1. The molecule has 0 bridgehead atoms. The number of anilines is 1. The molecule has 1 aliphatic carbocycles. The summed E-state index contributed by atoms with van der Waals surface area (Å²) in [4.78, 5) is 11.7. The number of halogens is 2. The molecule has 0 saturated heterocycles. The summed E-state index contributed by atoms with van der Waals surface area (Å²) in [6.07, 6.45) is 3.13. The van der Waals surface area contributed by atoms with E-state index in [1.165, 1.54) is 12.8 Å². The average Bonchev–Trinajstić information content (AvgIpc) is 3.21. The smallest absolute Gasteiger partial charge is 0.254 e. The van der Waals surface area contributed by atoms with Crippen LogP contribution in [0.4, 0.5) is 14.5 Å². The predicted molar refractivity (Wildman–Crippen MR) is 71.3 cm³/mol. The van der Waals surface area contributed by atoms with E-state index in [0.717, 1.165) is 12.7 Å². The lowest BCUT2D eigenvalue weighted by Gasteiger charge is -2.08. The zero-order chi connectivity index (χ0) is 14.5. The Morgan fingerprint density at radius 1 is 1.35 bits per heavy atom. The molecule has 1 fully saturated rings. The van der Waals surface area contributed by atoms with Crippen LogP contribution < -0.4 is 11.1 Å². The summed E-state index contributed by atoms with van der Waals surface area (Å²) in [5, 5.41) is 2.55. The fraction of sp³-hybridized carbons (Fsp3) is 0.500. The number of nitrogens with one attached hydrogen (secondary N) is 1. The van der Waals surface area contributed by atoms with Gasteiger partial charge in [-0.1, -0.05) is 0 Å². The van der Waals surface area contributed by atoms with E-state index in [9.17, 15) is 13.6 Å². The molecule has 20 heavy (non-hydrogen) atoms. The first-order chi connectivity index (χ1) is 9.58. The lowest BCUT2D eigenvalue weighted by molar-refractivity contribution is 0.0933. The minimum Gasteiger partial charge on any atom is -0.396 e. The van der Waals surface area contributed by atoms with Crippen molar-refractivity contribution < 1.29 is 18.3 Å². The molecule has 1 saturated carbocycles. The van der Waals surface area contributed by atoms with Crippen LogP contribution in [0.2, 0.25) is 0 Å². The van der Waals surface area contributed by atoms with Crippen molar-refractivity contribution in [1.82, 2.24) is 5.32 Å². The molecule has 0 atom stereocenters. The van der Waals surface area contributed by atoms with Gasteiger partial charge in [0.1, 0.15) is 11.6 Å². The zero-order valence-electron chi connectivity index (χ0n) is 11.1. The molecule has 2 rings (SSSR count). The number of hydrogen-bond donors (Lipinski definition) is 2. The van der Waals surface area contributed by atoms with Gasteiger partial charge in [0.05, 0.1) is 11.3 Å². The second kappa shape index (κ2) is 6.65. The largest absolute Gasteiger partial charge is 0.396 e. The van der Waals surface area contributed by atoms with Crippen LogP contribution >= 0.6 is 0 Å². The minimum atomic E-state index is -0.917. The summed E-state index contributed by atoms with van der Waals surface area (Å²) >= 11 is 0. The topological polar surface area (TPSA) is 64.4 Å². The summed E-state index contributed by atoms with van der Waals surface area (Å²) in [5.74, 6) is -1.68. The van der Waals surface area contributed by atoms with E-state index < -0.39 is 17.5 Å². The number of hydrogen-bond acceptors (Lipinski definition) is 3. The Labute approximate surface area is 116 Å². The summed E-state index contributed by atoms with van der Waals surface area (Å²) < 4.78 is 31.8. The SMILES string of the molecule is Nc1cc(C(=O)NCCCOCC2CC2)c(F)cc1F. The highest BCUT2D eigenvalue weighted by Gasteiger charge is 2.20. The van der Waals surface area contributed by atoms with Crippen molar-refractivity contribution in [2.75, 3.05) is 25.5 Å². The Bertz CT molecular complexity index is 490. The van der Waals surface area contributed by atoms with E-state index in [1.54, 1.807) is 0 Å². The second-order valence-electron chi connectivity index (χ2n) is 4.98. The van der Waals surface area contributed by atoms with Crippen molar-refractivity contribution >= 4 is 11.6 Å². The third-order valence-corrected chi connectivity index (χ3v) is 3.13. The molecule has 0 radical (unpaired) electrons. The maximum atomic E-state index is 13.4. The molecule has 0 heterocycles. The molecule has 1 amide bonds. The Hall–Kier alpha value is -1.69. The molecule has 3 N–H and O–H groups in total. The standard InChI is InChI=1S/C14H18F2N2O2/c15-11-7-12(16)13(17)6-10(11)14(19)18-4-1-5-20-8-9-2-3-9/h6-7,9H,1-5,8,17H2,(H,18,19). The van der Waals surface area contributed by atoms with Crippen molar-refractivity contribution in [3.8, 4) is 0 Å². The number of amides is 1. The van der Waals surface area contributed by atoms with E-state index in [0.29, 0.717) is 31.6 Å². The van der Waals surface area contributed by atoms with Gasteiger partial charge in [0, 0.05) is 25.8 Å². The molecule has 110 valence electrons. The Kier molecular flexibility index (Phi) is 4.89. The fourth-order valence-electron chi connectivity index (χ4n) is 1.75. The monoisotopic (exact) mass is 284 g/mol. The van der Waals surface area contributed by atoms with Gasteiger partial charge >= 0.3 is 0 Å². The summed E-state index contributed by atoms with van der Waals surface area (Å²) in [5.41, 5.74) is 4.82. The number of nitrogens with two attached hydrogens (primary N) is 1. The normalized spacial score (nSPS) is 14.3. The third-order valence-electron chi connectivity index (χ3n) is 3.13. The Morgan fingerprint density at radius 3 is 2.80 bits per heavy atom. The number of benzene rings is 1. The molecule has 4 nitrogen and oxygen atoms in total. The highest BCUT2D eigenvalue weighted by Crippen LogP contribution is 2.28. The highest BCUT2D eigenvalue weighted by atomic mass is 19.1. The quantitative estimate of drug-likeness (QED) is 0.595. The third kappa shape index (κ3) is 4.16. The number of ether oxygens (including phenoxy) is 1. The van der Waals surface area contributed by atoms with E-state index in [4.69, 9.17) is 10.5 Å². The van der Waals surface area contributed by atoms with Crippen LogP contribution in [0.15, 0.2) is 12.1 Å². The average molecular weight is 284 g/mol. The van der Waals surface area contributed by atoms with Crippen LogP contribution in [0, 0.1) is 17.6 Å². The van der Waals surface area contributed by atoms with Crippen LogP contribution in [0.5, 0.6) is 0 Å². The van der Waals surface area contributed by atoms with Crippen LogP contribution in [0.1, 0.15) is 29.6 Å². The van der Waals surface area contributed by atoms with Gasteiger partial charge in [0.2, 0.25) is 0 Å². The molecule has 0 aromatic heterocycles. The molecular weight excluding hydrogens is 266 g/mol. The van der Waals surface area contributed by atoms with Crippen molar-refractivity contribution in [1.29, 1.82) is 0 Å². The maximum absolute atomic E-state index is 13.4. The van der Waals surface area contributed by atoms with Gasteiger partial charge in [-0.05, 0) is 31.2 Å². The van der Waals surface area contributed by atoms with Crippen molar-refractivity contribution in [3.05, 3.63) is 29.3 Å². The first-order valence-corrected chi connectivity index (χ1v) is 6.68. The molecule has 1 aromatic carbocycles. The Morgan fingerprint density at radius 2 is 2.10 bits per heavy atom. The van der Waals surface area contributed by atoms with Gasteiger partial charge < -0.3 is 15.8 Å². The van der Waals surface area contributed by atoms with Crippen LogP contribution in [-0.2, 0) is 4.74 Å². The van der Waals surface area contributed by atoms with Gasteiger partial charge in [0.25, 0.3) is 5.91 Å². The molecule has 6 heteroatoms. The van der Waals surface area contributed by atoms with Crippen LogP contribution in [0.25, 0.3) is 0 Å². The lowest BCUT2D eigenvalue weighted by Crippen LogP contribution is -2.26. The van der Waals surface area contributed by atoms with Crippen molar-refractivity contribution in [2.45, 2.75) is 19.3 Å². The van der Waals surface area contributed by atoms with Crippen molar-refractivity contribution in [3.63, 3.8) is 0 Å². The minimum absolute atomic E-state index is 0.246. The summed E-state index contributed by atoms with van der Waals surface area (Å²) in [7, 11) is 0. The predicted octanol–water partition coefficient (Wildman–Crippen LogP) is 2.09. The zero-order valence-corrected chi connectivity index (χ0v) is 11.1. The number of carbonyl (C=O) groups excluding carboxylic acids is 1. The van der Waals surface area contributed by atoms with E-state index in [1.807, 2.05) is 0 Å². The maximum Gasteiger partial charge on any atom is 0.254 e. The summed E-state index contributed by atoms with van der Waals surface area (Å²) in [6.45, 7) is 1.71. The van der Waals surface area contributed by atoms with Gasteiger partial charge in [0.15, 0.2) is 0 Å². The fourth-order valence-corrected chi connectivity index (χ4v) is 1.75. The Balaban J connectivity index is 1.72. The number of rotatable bonds is 7. The summed E-state index contributed by atoms with van der Waals surface area (Å²) in [6, 6.07) is 1.62. The van der Waals surface area contributed by atoms with Crippen molar-refractivity contribution in [2.24, 2.45) is 5.92 Å². The van der Waals surface area contributed by atoms with E-state index in [-0.39, 0.29) is 11.3 Å². The molecule has 1 aliphatic rings. The van der Waals surface area contributed by atoms with Gasteiger partial charge in [-0.15, -0.1) is 0 Å². The van der Waals surface area contributed by atoms with Gasteiger partial charge in [-0.2, -0.15) is 0 Å². The molecule has 0 spiro atoms. The van der Waals surface area contributed by atoms with E-state index in [2.05, 4.69) is 5.32 Å². The molecule has 0 unspecified atom stereocenters. The van der Waals surface area contributed by atoms with Crippen LogP contribution in [0.3, 0.4) is 0 Å². The second-order valence-corrected chi connectivity index (χ2v) is 4.98. The first kappa shape index (κ1) is 14.7. The van der Waals surface area contributed by atoms with Gasteiger partial charge in [-0.25, -0.2) is 8.78 Å². The highest BCUT2D eigenvalue weighted by molar-refractivity contribution is 5.95.